The summed E-state index contributed by atoms with van der Waals surface area (Å²) >= 11 is 0. The molecule has 0 unspecified atom stereocenters. The van der Waals surface area contributed by atoms with Crippen LogP contribution < -0.4 is 0 Å². The fourth-order valence-electron chi connectivity index (χ4n) is 1.46. The van der Waals surface area contributed by atoms with Crippen molar-refractivity contribution in [2.45, 2.75) is 13.8 Å². The van der Waals surface area contributed by atoms with E-state index in [2.05, 4.69) is 0 Å². The number of hydrogen-bond acceptors (Lipinski definition) is 2. The average molecular weight is 196 g/mol. The van der Waals surface area contributed by atoms with E-state index in [1.165, 1.54) is 12.2 Å². The maximum absolute atomic E-state index is 10.8. The fraction of sp³-hybridized carbons (Fsp3) is 0.400. The summed E-state index contributed by atoms with van der Waals surface area (Å²) < 4.78 is 0. The minimum absolute atomic E-state index is 0.829. The van der Waals surface area contributed by atoms with Crippen LogP contribution in [0.3, 0.4) is 0 Å². The van der Waals surface area contributed by atoms with Gasteiger partial charge in [-0.3, -0.25) is 9.59 Å². The molecule has 76 valence electrons. The molecule has 0 saturated carbocycles. The van der Waals surface area contributed by atoms with Gasteiger partial charge >= 0.3 is 11.9 Å². The van der Waals surface area contributed by atoms with Gasteiger partial charge in [0.1, 0.15) is 0 Å². The lowest BCUT2D eigenvalue weighted by Gasteiger charge is -2.21. The number of carboxylic acids is 2. The van der Waals surface area contributed by atoms with Gasteiger partial charge in [-0.05, 0) is 13.8 Å². The van der Waals surface area contributed by atoms with Gasteiger partial charge < -0.3 is 10.2 Å². The first kappa shape index (κ1) is 10.5. The Bertz CT molecular complexity index is 304. The molecule has 4 heteroatoms. The summed E-state index contributed by atoms with van der Waals surface area (Å²) in [6, 6.07) is 0. The van der Waals surface area contributed by atoms with E-state index in [1.54, 1.807) is 13.8 Å². The predicted octanol–water partition coefficient (Wildman–Crippen LogP) is 1.29. The van der Waals surface area contributed by atoms with Gasteiger partial charge in [0.15, 0.2) is 0 Å². The molecule has 0 bridgehead atoms. The van der Waals surface area contributed by atoms with Gasteiger partial charge in [-0.15, -0.1) is 0 Å². The lowest BCUT2D eigenvalue weighted by molar-refractivity contribution is -0.150. The molecule has 1 aliphatic rings. The second-order valence-electron chi connectivity index (χ2n) is 3.43. The van der Waals surface area contributed by atoms with E-state index in [9.17, 15) is 9.59 Å². The number of rotatable bonds is 2. The van der Waals surface area contributed by atoms with Crippen LogP contribution in [-0.4, -0.2) is 22.2 Å². The van der Waals surface area contributed by atoms with Crippen LogP contribution in [0, 0.1) is 11.8 Å². The topological polar surface area (TPSA) is 74.6 Å². The SMILES string of the molecule is CC1=C[C@H](C(=O)O)[C@H](C(=O)O)C=C1C. The van der Waals surface area contributed by atoms with E-state index in [-0.39, 0.29) is 0 Å². The van der Waals surface area contributed by atoms with Crippen LogP contribution in [0.1, 0.15) is 13.8 Å². The van der Waals surface area contributed by atoms with E-state index in [4.69, 9.17) is 10.2 Å². The summed E-state index contributed by atoms with van der Waals surface area (Å²) in [4.78, 5) is 21.6. The van der Waals surface area contributed by atoms with E-state index in [0.717, 1.165) is 11.1 Å². The third kappa shape index (κ3) is 1.84. The molecule has 0 aliphatic heterocycles. The van der Waals surface area contributed by atoms with E-state index in [0.29, 0.717) is 0 Å². The van der Waals surface area contributed by atoms with Crippen LogP contribution in [0.5, 0.6) is 0 Å². The maximum Gasteiger partial charge on any atom is 0.311 e. The Morgan fingerprint density at radius 3 is 1.50 bits per heavy atom. The van der Waals surface area contributed by atoms with Crippen molar-refractivity contribution >= 4 is 11.9 Å². The lowest BCUT2D eigenvalue weighted by atomic mass is 9.83. The number of aliphatic carboxylic acids is 2. The quantitative estimate of drug-likeness (QED) is 0.697. The van der Waals surface area contributed by atoms with Crippen molar-refractivity contribution in [1.82, 2.24) is 0 Å². The highest BCUT2D eigenvalue weighted by molar-refractivity contribution is 5.84. The summed E-state index contributed by atoms with van der Waals surface area (Å²) in [6.07, 6.45) is 2.99. The Balaban J connectivity index is 3.06. The van der Waals surface area contributed by atoms with Crippen molar-refractivity contribution in [1.29, 1.82) is 0 Å². The first-order chi connectivity index (χ1) is 6.43. The monoisotopic (exact) mass is 196 g/mol. The van der Waals surface area contributed by atoms with Crippen LogP contribution in [0.25, 0.3) is 0 Å². The molecular formula is C10H12O4. The Hall–Kier alpha value is -1.58. The molecule has 0 fully saturated rings. The largest absolute Gasteiger partial charge is 0.481 e. The van der Waals surface area contributed by atoms with Crippen LogP contribution in [-0.2, 0) is 9.59 Å². The molecule has 2 N–H and O–H groups in total. The fourth-order valence-corrected chi connectivity index (χ4v) is 1.46. The van der Waals surface area contributed by atoms with Crippen molar-refractivity contribution in [3.8, 4) is 0 Å². The molecule has 0 spiro atoms. The van der Waals surface area contributed by atoms with Crippen molar-refractivity contribution < 1.29 is 19.8 Å². The normalized spacial score (nSPS) is 26.4. The van der Waals surface area contributed by atoms with Crippen LogP contribution in [0.2, 0.25) is 0 Å². The highest BCUT2D eigenvalue weighted by atomic mass is 16.4. The molecule has 0 amide bonds. The van der Waals surface area contributed by atoms with Gasteiger partial charge in [0, 0.05) is 0 Å². The highest BCUT2D eigenvalue weighted by Gasteiger charge is 2.33. The van der Waals surface area contributed by atoms with Crippen molar-refractivity contribution in [2.24, 2.45) is 11.8 Å². The van der Waals surface area contributed by atoms with Gasteiger partial charge in [-0.2, -0.15) is 0 Å². The van der Waals surface area contributed by atoms with Crippen LogP contribution >= 0.6 is 0 Å². The summed E-state index contributed by atoms with van der Waals surface area (Å²) in [7, 11) is 0. The summed E-state index contributed by atoms with van der Waals surface area (Å²) in [5.74, 6) is -4.09. The van der Waals surface area contributed by atoms with Crippen LogP contribution in [0.15, 0.2) is 23.3 Å². The minimum Gasteiger partial charge on any atom is -0.481 e. The molecular weight excluding hydrogens is 184 g/mol. The second-order valence-corrected chi connectivity index (χ2v) is 3.43. The minimum atomic E-state index is -1.10. The highest BCUT2D eigenvalue weighted by Crippen LogP contribution is 2.27. The van der Waals surface area contributed by atoms with Crippen molar-refractivity contribution in [3.63, 3.8) is 0 Å². The Morgan fingerprint density at radius 2 is 1.29 bits per heavy atom. The van der Waals surface area contributed by atoms with Gasteiger partial charge in [-0.25, -0.2) is 0 Å². The van der Waals surface area contributed by atoms with Gasteiger partial charge in [-0.1, -0.05) is 23.3 Å². The third-order valence-electron chi connectivity index (χ3n) is 2.44. The zero-order chi connectivity index (χ0) is 10.9. The van der Waals surface area contributed by atoms with E-state index in [1.807, 2.05) is 0 Å². The molecule has 0 aromatic heterocycles. The molecule has 1 aliphatic carbocycles. The Kier molecular flexibility index (Phi) is 2.74. The van der Waals surface area contributed by atoms with Gasteiger partial charge in [0.2, 0.25) is 0 Å². The molecule has 2 atom stereocenters. The van der Waals surface area contributed by atoms with Crippen LogP contribution in [0.4, 0.5) is 0 Å². The molecule has 0 heterocycles. The maximum atomic E-state index is 10.8. The van der Waals surface area contributed by atoms with Crippen molar-refractivity contribution in [2.75, 3.05) is 0 Å². The average Bonchev–Trinajstić information content (AvgIpc) is 2.08. The standard InChI is InChI=1S/C10H12O4/c1-5-3-7(9(11)12)8(10(13)14)4-6(5)2/h3-4,7-8H,1-2H3,(H,11,12)(H,13,14)/t7-,8+. The first-order valence-corrected chi connectivity index (χ1v) is 4.26. The predicted molar refractivity (Wildman–Crippen MR) is 49.8 cm³/mol. The second kappa shape index (κ2) is 3.65. The third-order valence-corrected chi connectivity index (χ3v) is 2.44. The van der Waals surface area contributed by atoms with E-state index >= 15 is 0 Å². The summed E-state index contributed by atoms with van der Waals surface area (Å²) in [5.41, 5.74) is 1.66. The summed E-state index contributed by atoms with van der Waals surface area (Å²) in [5, 5.41) is 17.6. The zero-order valence-corrected chi connectivity index (χ0v) is 8.02. The number of hydrogen-bond donors (Lipinski definition) is 2. The zero-order valence-electron chi connectivity index (χ0n) is 8.02. The molecule has 4 nitrogen and oxygen atoms in total. The molecule has 0 radical (unpaired) electrons. The first-order valence-electron chi connectivity index (χ1n) is 4.26. The molecule has 0 aromatic carbocycles. The van der Waals surface area contributed by atoms with E-state index < -0.39 is 23.8 Å². The van der Waals surface area contributed by atoms with Gasteiger partial charge in [0.05, 0.1) is 11.8 Å². The number of carboxylic acid groups (broad SMARTS) is 2. The molecule has 14 heavy (non-hydrogen) atoms. The molecule has 0 aromatic rings. The van der Waals surface area contributed by atoms with Gasteiger partial charge in [0.25, 0.3) is 0 Å². The Morgan fingerprint density at radius 1 is 1.00 bits per heavy atom. The lowest BCUT2D eigenvalue weighted by Crippen LogP contribution is -2.29. The molecule has 0 saturated heterocycles. The Labute approximate surface area is 81.6 Å². The molecule has 1 rings (SSSR count). The number of allylic oxidation sites excluding steroid dienone is 2. The summed E-state index contributed by atoms with van der Waals surface area (Å²) in [6.45, 7) is 3.56. The number of carbonyl (C=O) groups is 2. The smallest absolute Gasteiger partial charge is 0.311 e. The van der Waals surface area contributed by atoms with Crippen molar-refractivity contribution in [3.05, 3.63) is 23.3 Å².